The first-order valence-electron chi connectivity index (χ1n) is 25.6. The summed E-state index contributed by atoms with van der Waals surface area (Å²) in [6.45, 7) is 10.8. The Labute approximate surface area is 360 Å². The molecule has 0 spiro atoms. The average molecular weight is 827 g/mol. The Morgan fingerprint density at radius 2 is 0.879 bits per heavy atom. The zero-order chi connectivity index (χ0) is 43.0. The molecule has 0 aliphatic heterocycles. The molecule has 0 aromatic rings. The Morgan fingerprint density at radius 1 is 0.483 bits per heavy atom. The molecular formula is C51H100F2N2O3. The Balaban J connectivity index is 5.11. The molecule has 0 saturated carbocycles. The highest BCUT2D eigenvalue weighted by Crippen LogP contribution is 2.27. The number of halogens is 2. The minimum atomic E-state index is -3.43. The van der Waals surface area contributed by atoms with E-state index in [-0.39, 0.29) is 12.6 Å². The predicted molar refractivity (Wildman–Crippen MR) is 247 cm³/mol. The second-order valence-corrected chi connectivity index (χ2v) is 18.4. The highest BCUT2D eigenvalue weighted by Gasteiger charge is 2.39. The Morgan fingerprint density at radius 3 is 1.33 bits per heavy atom. The number of amides is 1. The van der Waals surface area contributed by atoms with E-state index in [2.05, 4.69) is 51.6 Å². The van der Waals surface area contributed by atoms with Crippen LogP contribution in [0, 0.1) is 5.92 Å². The van der Waals surface area contributed by atoms with E-state index >= 15 is 0 Å². The highest BCUT2D eigenvalue weighted by atomic mass is 19.3. The third kappa shape index (κ3) is 34.5. The van der Waals surface area contributed by atoms with Gasteiger partial charge in [-0.2, -0.15) is 8.78 Å². The maximum absolute atomic E-state index is 15.0. The molecule has 0 bridgehead atoms. The minimum Gasteiger partial charge on any atom is -0.461 e. The van der Waals surface area contributed by atoms with E-state index in [0.29, 0.717) is 37.5 Å². The SMILES string of the molecule is CCCCCCCCCCN(C(=O)CCCN(C)C)C(CCCCCCCCC)CCCCCCC(F)(F)C(=O)OCCC(CCCCCCC)CCCCCCC. The molecule has 1 amide bonds. The summed E-state index contributed by atoms with van der Waals surface area (Å²) in [6, 6.07) is 0.222. The predicted octanol–water partition coefficient (Wildman–Crippen LogP) is 16.1. The summed E-state index contributed by atoms with van der Waals surface area (Å²) in [5.74, 6) is -4.03. The van der Waals surface area contributed by atoms with Crippen LogP contribution in [0.2, 0.25) is 0 Å². The van der Waals surface area contributed by atoms with Crippen LogP contribution in [-0.2, 0) is 14.3 Å². The van der Waals surface area contributed by atoms with Crippen LogP contribution >= 0.6 is 0 Å². The zero-order valence-corrected chi connectivity index (χ0v) is 39.8. The first-order valence-corrected chi connectivity index (χ1v) is 25.6. The van der Waals surface area contributed by atoms with E-state index < -0.39 is 18.3 Å². The number of carbonyl (C=O) groups is 2. The molecule has 0 saturated heterocycles. The van der Waals surface area contributed by atoms with Gasteiger partial charge < -0.3 is 14.5 Å². The summed E-state index contributed by atoms with van der Waals surface area (Å²) >= 11 is 0. The second-order valence-electron chi connectivity index (χ2n) is 18.4. The summed E-state index contributed by atoms with van der Waals surface area (Å²) in [5, 5.41) is 0. The second kappa shape index (κ2) is 41.1. The number of unbranched alkanes of at least 4 members (excludes halogenated alkanes) is 24. The lowest BCUT2D eigenvalue weighted by Gasteiger charge is -2.33. The lowest BCUT2D eigenvalue weighted by Crippen LogP contribution is -2.41. The molecule has 346 valence electrons. The Hall–Kier alpha value is -1.24. The van der Waals surface area contributed by atoms with E-state index in [9.17, 15) is 18.4 Å². The Kier molecular flexibility index (Phi) is 40.3. The van der Waals surface area contributed by atoms with Crippen LogP contribution in [0.1, 0.15) is 265 Å². The number of hydrogen-bond donors (Lipinski definition) is 0. The average Bonchev–Trinajstić information content (AvgIpc) is 3.19. The summed E-state index contributed by atoms with van der Waals surface area (Å²) in [6.07, 6.45) is 39.7. The summed E-state index contributed by atoms with van der Waals surface area (Å²) in [4.78, 5) is 30.7. The van der Waals surface area contributed by atoms with Crippen molar-refractivity contribution in [2.75, 3.05) is 33.8 Å². The van der Waals surface area contributed by atoms with Crippen LogP contribution in [0.5, 0.6) is 0 Å². The lowest BCUT2D eigenvalue weighted by atomic mass is 9.92. The molecule has 5 nitrogen and oxygen atoms in total. The van der Waals surface area contributed by atoms with Crippen molar-refractivity contribution >= 4 is 11.9 Å². The molecule has 0 aromatic carbocycles. The van der Waals surface area contributed by atoms with E-state index in [1.807, 2.05) is 0 Å². The third-order valence-corrected chi connectivity index (χ3v) is 12.4. The molecule has 0 fully saturated rings. The van der Waals surface area contributed by atoms with Crippen molar-refractivity contribution in [3.63, 3.8) is 0 Å². The quantitative estimate of drug-likeness (QED) is 0.0453. The van der Waals surface area contributed by atoms with Crippen molar-refractivity contribution in [1.29, 1.82) is 0 Å². The zero-order valence-electron chi connectivity index (χ0n) is 39.8. The van der Waals surface area contributed by atoms with Crippen molar-refractivity contribution in [3.05, 3.63) is 0 Å². The molecule has 7 heteroatoms. The fraction of sp³-hybridized carbons (Fsp3) is 0.961. The molecule has 0 radical (unpaired) electrons. The van der Waals surface area contributed by atoms with Gasteiger partial charge in [0.1, 0.15) is 0 Å². The fourth-order valence-corrected chi connectivity index (χ4v) is 8.52. The molecular weight excluding hydrogens is 727 g/mol. The van der Waals surface area contributed by atoms with Gasteiger partial charge in [-0.05, 0) is 65.1 Å². The van der Waals surface area contributed by atoms with Gasteiger partial charge in [0.15, 0.2) is 0 Å². The minimum absolute atomic E-state index is 0.104. The molecule has 0 heterocycles. The normalized spacial score (nSPS) is 12.5. The van der Waals surface area contributed by atoms with E-state index in [1.165, 1.54) is 148 Å². The standard InChI is InChI=1S/C51H100F2N2O3/c1-7-11-15-19-21-23-29-35-45-55(49(56)41-36-44-54(5)6)48(39-32-26-22-20-16-12-8-2)40-33-27-28-34-43-51(52,53)50(57)58-46-42-47(37-30-24-17-13-9-3)38-31-25-18-14-10-4/h47-48H,7-46H2,1-6H3. The van der Waals surface area contributed by atoms with Gasteiger partial charge in [0.2, 0.25) is 5.91 Å². The largest absolute Gasteiger partial charge is 0.461 e. The topological polar surface area (TPSA) is 49.9 Å². The van der Waals surface area contributed by atoms with Crippen LogP contribution in [-0.4, -0.2) is 67.4 Å². The van der Waals surface area contributed by atoms with Crippen LogP contribution in [0.3, 0.4) is 0 Å². The van der Waals surface area contributed by atoms with Crippen molar-refractivity contribution in [1.82, 2.24) is 9.80 Å². The first-order chi connectivity index (χ1) is 28.1. The summed E-state index contributed by atoms with van der Waals surface area (Å²) in [7, 11) is 4.13. The summed E-state index contributed by atoms with van der Waals surface area (Å²) in [5.41, 5.74) is 0. The number of ether oxygens (including phenoxy) is 1. The monoisotopic (exact) mass is 827 g/mol. The maximum atomic E-state index is 15.0. The van der Waals surface area contributed by atoms with Crippen LogP contribution in [0.4, 0.5) is 8.78 Å². The molecule has 0 aliphatic carbocycles. The number of rotatable bonds is 45. The van der Waals surface area contributed by atoms with Gasteiger partial charge in [0.05, 0.1) is 6.61 Å². The van der Waals surface area contributed by atoms with E-state index in [0.717, 1.165) is 70.9 Å². The Bertz CT molecular complexity index is 887. The molecule has 0 N–H and O–H groups in total. The van der Waals surface area contributed by atoms with E-state index in [1.54, 1.807) is 0 Å². The van der Waals surface area contributed by atoms with Gasteiger partial charge in [0, 0.05) is 25.4 Å². The van der Waals surface area contributed by atoms with Crippen LogP contribution < -0.4 is 0 Å². The van der Waals surface area contributed by atoms with Gasteiger partial charge in [-0.15, -0.1) is 0 Å². The van der Waals surface area contributed by atoms with Crippen LogP contribution in [0.15, 0.2) is 0 Å². The number of hydrogen-bond acceptors (Lipinski definition) is 4. The first kappa shape index (κ1) is 56.8. The molecule has 1 unspecified atom stereocenters. The lowest BCUT2D eigenvalue weighted by molar-refractivity contribution is -0.173. The fourth-order valence-electron chi connectivity index (χ4n) is 8.52. The van der Waals surface area contributed by atoms with Gasteiger partial charge in [-0.3, -0.25) is 4.79 Å². The van der Waals surface area contributed by atoms with E-state index in [4.69, 9.17) is 4.74 Å². The number of esters is 1. The summed E-state index contributed by atoms with van der Waals surface area (Å²) < 4.78 is 35.2. The highest BCUT2D eigenvalue weighted by molar-refractivity contribution is 5.77. The molecule has 0 rings (SSSR count). The third-order valence-electron chi connectivity index (χ3n) is 12.4. The molecule has 1 atom stereocenters. The van der Waals surface area contributed by atoms with Crippen molar-refractivity contribution in [2.45, 2.75) is 277 Å². The van der Waals surface area contributed by atoms with Crippen molar-refractivity contribution in [2.24, 2.45) is 5.92 Å². The maximum Gasteiger partial charge on any atom is 0.376 e. The number of alkyl halides is 2. The van der Waals surface area contributed by atoms with Gasteiger partial charge in [-0.25, -0.2) is 4.79 Å². The van der Waals surface area contributed by atoms with Gasteiger partial charge in [0.25, 0.3) is 0 Å². The number of carbonyl (C=O) groups excluding carboxylic acids is 2. The van der Waals surface area contributed by atoms with Crippen molar-refractivity contribution < 1.29 is 23.1 Å². The molecule has 0 aromatic heterocycles. The molecule has 58 heavy (non-hydrogen) atoms. The molecule has 0 aliphatic rings. The van der Waals surface area contributed by atoms with Crippen LogP contribution in [0.25, 0.3) is 0 Å². The number of nitrogens with zero attached hydrogens (tertiary/aromatic N) is 2. The van der Waals surface area contributed by atoms with Gasteiger partial charge >= 0.3 is 11.9 Å². The van der Waals surface area contributed by atoms with Crippen molar-refractivity contribution in [3.8, 4) is 0 Å². The smallest absolute Gasteiger partial charge is 0.376 e. The van der Waals surface area contributed by atoms with Gasteiger partial charge in [-0.1, -0.05) is 214 Å².